The largest absolute Gasteiger partial charge is 0.355 e. The van der Waals surface area contributed by atoms with E-state index < -0.39 is 0 Å². The molecule has 0 fully saturated rings. The van der Waals surface area contributed by atoms with Gasteiger partial charge in [-0.15, -0.1) is 35.3 Å². The number of hydrogen-bond donors (Lipinski definition) is 2. The van der Waals surface area contributed by atoms with E-state index >= 15 is 0 Å². The Kier molecular flexibility index (Phi) is 9.11. The van der Waals surface area contributed by atoms with E-state index in [0.717, 1.165) is 13.0 Å². The molecule has 5 nitrogen and oxygen atoms in total. The molecule has 0 radical (unpaired) electrons. The maximum atomic E-state index is 12.7. The molecule has 1 aliphatic heterocycles. The number of hydrogen-bond acceptors (Lipinski definition) is 3. The van der Waals surface area contributed by atoms with Gasteiger partial charge in [-0.25, -0.2) is 0 Å². The predicted octanol–water partition coefficient (Wildman–Crippen LogP) is 4.25. The van der Waals surface area contributed by atoms with Crippen LogP contribution in [-0.4, -0.2) is 43.4 Å². The van der Waals surface area contributed by atoms with Gasteiger partial charge in [-0.3, -0.25) is 9.79 Å². The monoisotopic (exact) mass is 560 g/mol. The molecule has 168 valence electrons. The highest BCUT2D eigenvalue weighted by Crippen LogP contribution is 2.24. The van der Waals surface area contributed by atoms with E-state index in [0.29, 0.717) is 19.0 Å². The van der Waals surface area contributed by atoms with Crippen molar-refractivity contribution >= 4 is 47.2 Å². The number of rotatable bonds is 6. The Morgan fingerprint density at radius 1 is 1.03 bits per heavy atom. The lowest BCUT2D eigenvalue weighted by Gasteiger charge is -2.27. The smallest absolute Gasteiger partial charge is 0.242 e. The minimum absolute atomic E-state index is 0. The van der Waals surface area contributed by atoms with Crippen molar-refractivity contribution in [3.05, 3.63) is 93.7 Å². The molecule has 0 unspecified atom stereocenters. The summed E-state index contributed by atoms with van der Waals surface area (Å²) in [5.41, 5.74) is 3.76. The first kappa shape index (κ1) is 24.3. The van der Waals surface area contributed by atoms with Crippen LogP contribution in [0.3, 0.4) is 0 Å². The summed E-state index contributed by atoms with van der Waals surface area (Å²) in [6.45, 7) is 2.41. The first-order valence-corrected chi connectivity index (χ1v) is 11.5. The number of guanidine groups is 1. The molecule has 1 aliphatic rings. The van der Waals surface area contributed by atoms with Crippen LogP contribution in [0, 0.1) is 0 Å². The summed E-state index contributed by atoms with van der Waals surface area (Å²) in [4.78, 5) is 20.4. The fourth-order valence-corrected chi connectivity index (χ4v) is 4.84. The van der Waals surface area contributed by atoms with Crippen molar-refractivity contribution in [3.63, 3.8) is 0 Å². The second kappa shape index (κ2) is 12.0. The zero-order valence-electron chi connectivity index (χ0n) is 18.2. The Bertz CT molecular complexity index is 983. The molecule has 2 aromatic carbocycles. The topological polar surface area (TPSA) is 56.7 Å². The van der Waals surface area contributed by atoms with E-state index in [1.165, 1.54) is 21.6 Å². The van der Waals surface area contributed by atoms with Crippen LogP contribution in [0.2, 0.25) is 0 Å². The number of nitrogens with one attached hydrogen (secondary N) is 2. The van der Waals surface area contributed by atoms with E-state index in [9.17, 15) is 4.79 Å². The molecule has 0 saturated carbocycles. The van der Waals surface area contributed by atoms with Crippen LogP contribution in [0.25, 0.3) is 0 Å². The summed E-state index contributed by atoms with van der Waals surface area (Å²) >= 11 is 1.78. The molecule has 32 heavy (non-hydrogen) atoms. The average molecular weight is 561 g/mol. The summed E-state index contributed by atoms with van der Waals surface area (Å²) in [6.07, 6.45) is 0.946. The zero-order valence-corrected chi connectivity index (χ0v) is 21.3. The molecule has 0 saturated heterocycles. The highest BCUT2D eigenvalue weighted by Gasteiger charge is 2.21. The number of nitrogens with zero attached hydrogens (tertiary/aromatic N) is 2. The third kappa shape index (κ3) is 6.10. The lowest BCUT2D eigenvalue weighted by molar-refractivity contribution is -0.130. The van der Waals surface area contributed by atoms with Gasteiger partial charge in [0.2, 0.25) is 5.91 Å². The second-order valence-electron chi connectivity index (χ2n) is 7.61. The molecular weight excluding hydrogens is 531 g/mol. The van der Waals surface area contributed by atoms with Crippen LogP contribution in [0.5, 0.6) is 0 Å². The van der Waals surface area contributed by atoms with Crippen molar-refractivity contribution in [1.29, 1.82) is 0 Å². The Morgan fingerprint density at radius 3 is 2.31 bits per heavy atom. The number of aliphatic imine (C=N–C) groups is 1. The zero-order chi connectivity index (χ0) is 21.5. The summed E-state index contributed by atoms with van der Waals surface area (Å²) in [7, 11) is 1.73. The molecule has 0 bridgehead atoms. The van der Waals surface area contributed by atoms with Crippen molar-refractivity contribution < 1.29 is 4.79 Å². The van der Waals surface area contributed by atoms with Gasteiger partial charge in [-0.05, 0) is 34.6 Å². The number of amides is 1. The fraction of sp³-hybridized carbons (Fsp3) is 0.280. The second-order valence-corrected chi connectivity index (χ2v) is 8.62. The van der Waals surface area contributed by atoms with Crippen molar-refractivity contribution in [2.45, 2.75) is 18.9 Å². The summed E-state index contributed by atoms with van der Waals surface area (Å²) < 4.78 is 0. The Labute approximate surface area is 211 Å². The van der Waals surface area contributed by atoms with Crippen molar-refractivity contribution in [3.8, 4) is 0 Å². The number of thiophene rings is 1. The summed E-state index contributed by atoms with van der Waals surface area (Å²) in [6, 6.07) is 23.0. The van der Waals surface area contributed by atoms with Gasteiger partial charge in [0.15, 0.2) is 5.96 Å². The molecule has 7 heteroatoms. The van der Waals surface area contributed by atoms with Crippen LogP contribution in [0.4, 0.5) is 0 Å². The van der Waals surface area contributed by atoms with Crippen LogP contribution in [0.15, 0.2) is 77.1 Å². The van der Waals surface area contributed by atoms with Gasteiger partial charge in [0.05, 0.1) is 6.54 Å². The maximum absolute atomic E-state index is 12.7. The van der Waals surface area contributed by atoms with Crippen molar-refractivity contribution in [2.24, 2.45) is 4.99 Å². The normalized spacial score (nSPS) is 13.3. The molecule has 0 aliphatic carbocycles. The lowest BCUT2D eigenvalue weighted by atomic mass is 9.91. The minimum Gasteiger partial charge on any atom is -0.355 e. The Morgan fingerprint density at radius 2 is 1.69 bits per heavy atom. The van der Waals surface area contributed by atoms with Gasteiger partial charge in [0.1, 0.15) is 0 Å². The quantitative estimate of drug-likeness (QED) is 0.270. The SMILES string of the molecule is CN=C(NCC(=O)N1CCc2sccc2C1)NCC(c1ccccc1)c1ccccc1.I. The molecule has 0 atom stereocenters. The third-order valence-electron chi connectivity index (χ3n) is 5.67. The van der Waals surface area contributed by atoms with E-state index in [1.54, 1.807) is 18.4 Å². The predicted molar refractivity (Wildman–Crippen MR) is 143 cm³/mol. The number of halogens is 1. The number of fused-ring (bicyclic) bond motifs is 1. The molecule has 1 amide bonds. The van der Waals surface area contributed by atoms with Gasteiger partial charge in [-0.1, -0.05) is 60.7 Å². The van der Waals surface area contributed by atoms with E-state index in [-0.39, 0.29) is 42.3 Å². The van der Waals surface area contributed by atoms with E-state index in [1.807, 2.05) is 17.0 Å². The molecule has 3 aromatic rings. The standard InChI is InChI=1S/C25H28N4OS.HI/c1-26-25(28-17-24(30)29-14-12-23-21(18-29)13-15-31-23)27-16-22(19-8-4-2-5-9-19)20-10-6-3-7-11-20;/h2-11,13,15,22H,12,14,16-18H2,1H3,(H2,26,27,28);1H. The van der Waals surface area contributed by atoms with Gasteiger partial charge < -0.3 is 15.5 Å². The molecule has 4 rings (SSSR count). The molecule has 1 aromatic heterocycles. The fourth-order valence-electron chi connectivity index (χ4n) is 3.95. The van der Waals surface area contributed by atoms with E-state index in [2.05, 4.69) is 75.6 Å². The summed E-state index contributed by atoms with van der Waals surface area (Å²) in [5.74, 6) is 0.927. The number of benzene rings is 2. The van der Waals surface area contributed by atoms with Gasteiger partial charge in [0, 0.05) is 37.5 Å². The first-order chi connectivity index (χ1) is 15.2. The van der Waals surface area contributed by atoms with Crippen LogP contribution in [0.1, 0.15) is 27.5 Å². The highest BCUT2D eigenvalue weighted by atomic mass is 127. The number of carbonyl (C=O) groups excluding carboxylic acids is 1. The van der Waals surface area contributed by atoms with Crippen LogP contribution >= 0.6 is 35.3 Å². The van der Waals surface area contributed by atoms with Crippen molar-refractivity contribution in [1.82, 2.24) is 15.5 Å². The molecular formula is C25H29IN4OS. The molecule has 2 N–H and O–H groups in total. The lowest BCUT2D eigenvalue weighted by Crippen LogP contribution is -2.46. The average Bonchev–Trinajstić information content (AvgIpc) is 3.30. The molecule has 0 spiro atoms. The molecule has 2 heterocycles. The Balaban J connectivity index is 0.00000289. The van der Waals surface area contributed by atoms with Gasteiger partial charge in [-0.2, -0.15) is 0 Å². The Hall–Kier alpha value is -2.39. The van der Waals surface area contributed by atoms with Gasteiger partial charge >= 0.3 is 0 Å². The highest BCUT2D eigenvalue weighted by molar-refractivity contribution is 14.0. The first-order valence-electron chi connectivity index (χ1n) is 10.6. The van der Waals surface area contributed by atoms with Crippen molar-refractivity contribution in [2.75, 3.05) is 26.7 Å². The van der Waals surface area contributed by atoms with Crippen LogP contribution in [-0.2, 0) is 17.8 Å². The van der Waals surface area contributed by atoms with E-state index in [4.69, 9.17) is 0 Å². The number of carbonyl (C=O) groups is 1. The summed E-state index contributed by atoms with van der Waals surface area (Å²) in [5, 5.41) is 8.71. The van der Waals surface area contributed by atoms with Gasteiger partial charge in [0.25, 0.3) is 0 Å². The maximum Gasteiger partial charge on any atom is 0.242 e. The third-order valence-corrected chi connectivity index (χ3v) is 6.69. The van der Waals surface area contributed by atoms with Crippen LogP contribution < -0.4 is 10.6 Å². The minimum atomic E-state index is 0.